The van der Waals surface area contributed by atoms with Gasteiger partial charge < -0.3 is 25.8 Å². The van der Waals surface area contributed by atoms with E-state index >= 15 is 0 Å². The van der Waals surface area contributed by atoms with Gasteiger partial charge in [0.15, 0.2) is 0 Å². The molecule has 4 N–H and O–H groups in total. The van der Waals surface area contributed by atoms with Crippen molar-refractivity contribution in [3.05, 3.63) is 23.3 Å². The van der Waals surface area contributed by atoms with Crippen LogP contribution in [0.5, 0.6) is 5.75 Å². The van der Waals surface area contributed by atoms with E-state index in [2.05, 4.69) is 22.2 Å². The van der Waals surface area contributed by atoms with Gasteiger partial charge in [0.05, 0.1) is 18.4 Å². The van der Waals surface area contributed by atoms with Crippen LogP contribution >= 0.6 is 0 Å². The second kappa shape index (κ2) is 8.70. The lowest BCUT2D eigenvalue weighted by molar-refractivity contribution is 0.0745. The van der Waals surface area contributed by atoms with Gasteiger partial charge in [-0.3, -0.25) is 9.69 Å². The highest BCUT2D eigenvalue weighted by molar-refractivity contribution is 5.97. The maximum atomic E-state index is 12.5. The van der Waals surface area contributed by atoms with Crippen LogP contribution < -0.4 is 15.8 Å². The molecule has 1 saturated heterocycles. The number of carbonyl (C=O) groups excluding carboxylic acids is 1. The molecule has 0 radical (unpaired) electrons. The van der Waals surface area contributed by atoms with Crippen molar-refractivity contribution in [3.63, 3.8) is 0 Å². The maximum Gasteiger partial charge on any atom is 0.251 e. The van der Waals surface area contributed by atoms with E-state index in [0.29, 0.717) is 43.1 Å². The Labute approximate surface area is 155 Å². The second-order valence-corrected chi connectivity index (χ2v) is 7.26. The number of amides is 1. The van der Waals surface area contributed by atoms with Crippen LogP contribution in [-0.4, -0.2) is 79.8 Å². The molecular formula is C19H30N4O3. The van der Waals surface area contributed by atoms with Gasteiger partial charge in [-0.25, -0.2) is 0 Å². The van der Waals surface area contributed by atoms with Crippen LogP contribution in [0.2, 0.25) is 0 Å². The molecule has 2 aliphatic heterocycles. The summed E-state index contributed by atoms with van der Waals surface area (Å²) >= 11 is 0. The van der Waals surface area contributed by atoms with Crippen LogP contribution in [0.3, 0.4) is 0 Å². The maximum absolute atomic E-state index is 12.5. The Morgan fingerprint density at radius 1 is 1.35 bits per heavy atom. The lowest BCUT2D eigenvalue weighted by Gasteiger charge is -2.33. The zero-order chi connectivity index (χ0) is 18.5. The Balaban J connectivity index is 1.47. The molecule has 7 nitrogen and oxygen atoms in total. The number of hydrogen-bond donors (Lipinski definition) is 3. The van der Waals surface area contributed by atoms with Crippen LogP contribution in [0.15, 0.2) is 12.1 Å². The number of nitrogen functional groups attached to an aromatic ring is 1. The third-order valence-electron chi connectivity index (χ3n) is 5.18. The number of nitrogens with zero attached hydrogens (tertiary/aromatic N) is 2. The predicted molar refractivity (Wildman–Crippen MR) is 102 cm³/mol. The molecule has 7 heteroatoms. The number of anilines is 1. The van der Waals surface area contributed by atoms with Gasteiger partial charge >= 0.3 is 0 Å². The van der Waals surface area contributed by atoms with E-state index in [4.69, 9.17) is 10.5 Å². The van der Waals surface area contributed by atoms with Crippen molar-refractivity contribution in [1.29, 1.82) is 0 Å². The number of aliphatic hydroxyl groups excluding tert-OH is 1. The Hall–Kier alpha value is -1.83. The molecule has 0 spiro atoms. The van der Waals surface area contributed by atoms with E-state index in [9.17, 15) is 9.90 Å². The van der Waals surface area contributed by atoms with Crippen molar-refractivity contribution in [2.45, 2.75) is 25.4 Å². The second-order valence-electron chi connectivity index (χ2n) is 7.26. The highest BCUT2D eigenvalue weighted by Gasteiger charge is 2.21. The minimum Gasteiger partial charge on any atom is -0.491 e. The molecule has 1 amide bonds. The third-order valence-corrected chi connectivity index (χ3v) is 5.18. The molecule has 26 heavy (non-hydrogen) atoms. The van der Waals surface area contributed by atoms with Crippen LogP contribution in [0, 0.1) is 0 Å². The number of nitrogens with two attached hydrogens (primary N) is 1. The summed E-state index contributed by atoms with van der Waals surface area (Å²) in [5, 5.41) is 13.2. The number of hydrogen-bond acceptors (Lipinski definition) is 6. The van der Waals surface area contributed by atoms with Crippen LogP contribution in [-0.2, 0) is 6.42 Å². The third kappa shape index (κ3) is 4.66. The highest BCUT2D eigenvalue weighted by Crippen LogP contribution is 2.33. The topological polar surface area (TPSA) is 91.1 Å². The lowest BCUT2D eigenvalue weighted by Crippen LogP contribution is -2.47. The van der Waals surface area contributed by atoms with Gasteiger partial charge in [-0.15, -0.1) is 0 Å². The smallest absolute Gasteiger partial charge is 0.251 e. The van der Waals surface area contributed by atoms with Gasteiger partial charge in [0.2, 0.25) is 0 Å². The van der Waals surface area contributed by atoms with E-state index in [1.807, 2.05) is 0 Å². The standard InChI is InChI=1S/C19H30N4O3/c1-22-8-10-23(11-9-22)13-14(24)6-7-21-19(25)16-4-5-17(20)18-15(16)3-2-12-26-18/h4-5,14,24H,2-3,6-13,20H2,1H3,(H,21,25). The van der Waals surface area contributed by atoms with Crippen molar-refractivity contribution >= 4 is 11.6 Å². The van der Waals surface area contributed by atoms with E-state index in [0.717, 1.165) is 44.6 Å². The molecule has 0 aromatic heterocycles. The average molecular weight is 362 g/mol. The number of rotatable bonds is 6. The fourth-order valence-corrected chi connectivity index (χ4v) is 3.57. The van der Waals surface area contributed by atoms with Gasteiger partial charge in [0.25, 0.3) is 5.91 Å². The summed E-state index contributed by atoms with van der Waals surface area (Å²) in [6.45, 7) is 5.79. The first kappa shape index (κ1) is 18.9. The summed E-state index contributed by atoms with van der Waals surface area (Å²) in [7, 11) is 2.12. The number of carbonyl (C=O) groups is 1. The number of ether oxygens (including phenoxy) is 1. The summed E-state index contributed by atoms with van der Waals surface area (Å²) in [6, 6.07) is 3.49. The number of piperazine rings is 1. The van der Waals surface area contributed by atoms with Gasteiger partial charge in [0, 0.05) is 50.4 Å². The fraction of sp³-hybridized carbons (Fsp3) is 0.632. The van der Waals surface area contributed by atoms with E-state index in [1.54, 1.807) is 12.1 Å². The molecule has 1 fully saturated rings. The number of benzene rings is 1. The largest absolute Gasteiger partial charge is 0.491 e. The summed E-state index contributed by atoms with van der Waals surface area (Å²) in [5.41, 5.74) is 8.05. The number of likely N-dealkylation sites (N-methyl/N-ethyl adjacent to an activating group) is 1. The predicted octanol–water partition coefficient (Wildman–Crippen LogP) is 0.322. The van der Waals surface area contributed by atoms with E-state index in [-0.39, 0.29) is 5.91 Å². The minimum absolute atomic E-state index is 0.126. The molecule has 0 bridgehead atoms. The number of aliphatic hydroxyl groups is 1. The summed E-state index contributed by atoms with van der Waals surface area (Å²) in [6.07, 6.45) is 1.81. The Bertz CT molecular complexity index is 629. The molecule has 1 aromatic rings. The van der Waals surface area contributed by atoms with Crippen LogP contribution in [0.25, 0.3) is 0 Å². The minimum atomic E-state index is -0.428. The van der Waals surface area contributed by atoms with Crippen molar-refractivity contribution < 1.29 is 14.6 Å². The van der Waals surface area contributed by atoms with Crippen molar-refractivity contribution in [2.75, 3.05) is 58.7 Å². The zero-order valence-corrected chi connectivity index (χ0v) is 15.5. The van der Waals surface area contributed by atoms with Gasteiger partial charge in [0.1, 0.15) is 5.75 Å². The SMILES string of the molecule is CN1CCN(CC(O)CCNC(=O)c2ccc(N)c3c2CCCO3)CC1. The first-order chi connectivity index (χ1) is 12.5. The molecule has 144 valence electrons. The Morgan fingerprint density at radius 3 is 2.88 bits per heavy atom. The molecule has 1 aromatic carbocycles. The summed E-state index contributed by atoms with van der Waals surface area (Å²) < 4.78 is 5.63. The Kier molecular flexibility index (Phi) is 6.34. The van der Waals surface area contributed by atoms with Gasteiger partial charge in [-0.1, -0.05) is 0 Å². The summed E-state index contributed by atoms with van der Waals surface area (Å²) in [5.74, 6) is 0.526. The zero-order valence-electron chi connectivity index (χ0n) is 15.5. The quantitative estimate of drug-likeness (QED) is 0.632. The van der Waals surface area contributed by atoms with E-state index < -0.39 is 6.10 Å². The van der Waals surface area contributed by atoms with E-state index in [1.165, 1.54) is 0 Å². The summed E-state index contributed by atoms with van der Waals surface area (Å²) in [4.78, 5) is 17.1. The first-order valence-corrected chi connectivity index (χ1v) is 9.46. The van der Waals surface area contributed by atoms with Crippen molar-refractivity contribution in [2.24, 2.45) is 0 Å². The molecule has 2 aliphatic rings. The number of β-amino-alcohol motifs (C(OH)–C–C–N with tert-alkyl or cyclic N) is 1. The molecule has 1 atom stereocenters. The highest BCUT2D eigenvalue weighted by atomic mass is 16.5. The van der Waals surface area contributed by atoms with Crippen LogP contribution in [0.4, 0.5) is 5.69 Å². The molecule has 3 rings (SSSR count). The molecule has 1 unspecified atom stereocenters. The monoisotopic (exact) mass is 362 g/mol. The van der Waals surface area contributed by atoms with Gasteiger partial charge in [-0.2, -0.15) is 0 Å². The first-order valence-electron chi connectivity index (χ1n) is 9.46. The fourth-order valence-electron chi connectivity index (χ4n) is 3.57. The average Bonchev–Trinajstić information content (AvgIpc) is 2.64. The normalized spacial score (nSPS) is 19.5. The number of fused-ring (bicyclic) bond motifs is 1. The van der Waals surface area contributed by atoms with Gasteiger partial charge in [-0.05, 0) is 38.4 Å². The number of nitrogens with one attached hydrogen (secondary N) is 1. The van der Waals surface area contributed by atoms with Crippen molar-refractivity contribution in [1.82, 2.24) is 15.1 Å². The van der Waals surface area contributed by atoms with Crippen molar-refractivity contribution in [3.8, 4) is 5.75 Å². The molecule has 2 heterocycles. The van der Waals surface area contributed by atoms with Crippen LogP contribution in [0.1, 0.15) is 28.8 Å². The molecule has 0 aliphatic carbocycles. The lowest BCUT2D eigenvalue weighted by atomic mass is 9.98. The molecular weight excluding hydrogens is 332 g/mol. The Morgan fingerprint density at radius 2 is 2.12 bits per heavy atom. The molecule has 0 saturated carbocycles.